The van der Waals surface area contributed by atoms with Crippen LogP contribution in [0.25, 0.3) is 0 Å². The van der Waals surface area contributed by atoms with Crippen LogP contribution in [0.4, 0.5) is 0 Å². The fourth-order valence-electron chi connectivity index (χ4n) is 3.14. The Morgan fingerprint density at radius 3 is 2.14 bits per heavy atom. The Morgan fingerprint density at radius 1 is 1.00 bits per heavy atom. The van der Waals surface area contributed by atoms with E-state index in [9.17, 15) is 13.2 Å². The van der Waals surface area contributed by atoms with Crippen molar-refractivity contribution in [1.29, 1.82) is 0 Å². The van der Waals surface area contributed by atoms with E-state index in [1.807, 2.05) is 6.92 Å². The van der Waals surface area contributed by atoms with Crippen LogP contribution < -0.4 is 5.32 Å². The average Bonchev–Trinajstić information content (AvgIpc) is 2.63. The summed E-state index contributed by atoms with van der Waals surface area (Å²) < 4.78 is 25.4. The number of nitrogens with zero attached hydrogens (tertiary/aromatic N) is 1. The van der Waals surface area contributed by atoms with E-state index in [1.165, 1.54) is 35.1 Å². The summed E-state index contributed by atoms with van der Waals surface area (Å²) in [5, 5.41) is 3.06. The number of amides is 1. The van der Waals surface area contributed by atoms with Crippen LogP contribution >= 0.6 is 0 Å². The summed E-state index contributed by atoms with van der Waals surface area (Å²) in [7, 11) is -0.416. The third-order valence-corrected chi connectivity index (χ3v) is 6.90. The van der Waals surface area contributed by atoms with Crippen LogP contribution in [0.3, 0.4) is 0 Å². The second-order valence-electron chi connectivity index (χ2n) is 7.51. The number of hydrogen-bond acceptors (Lipinski definition) is 3. The molecule has 28 heavy (non-hydrogen) atoms. The highest BCUT2D eigenvalue weighted by Gasteiger charge is 2.17. The molecule has 0 heterocycles. The minimum atomic E-state index is -3.43. The Labute approximate surface area is 168 Å². The zero-order valence-electron chi connectivity index (χ0n) is 17.5. The summed E-state index contributed by atoms with van der Waals surface area (Å²) in [6, 6.07) is 10.9. The van der Waals surface area contributed by atoms with Gasteiger partial charge in [0.15, 0.2) is 0 Å². The second kappa shape index (κ2) is 8.88. The monoisotopic (exact) mass is 402 g/mol. The molecular weight excluding hydrogens is 372 g/mol. The molecule has 1 amide bonds. The SMILES string of the molecule is Cc1cc(C)c(C(C)NC(=O)CCc2ccc(S(=O)(=O)N(C)C)cc2)cc1C. The molecule has 0 saturated carbocycles. The fraction of sp³-hybridized carbons (Fsp3) is 0.409. The van der Waals surface area contributed by atoms with Crippen molar-refractivity contribution in [3.8, 4) is 0 Å². The molecule has 0 spiro atoms. The van der Waals surface area contributed by atoms with Gasteiger partial charge >= 0.3 is 0 Å². The molecule has 1 N–H and O–H groups in total. The van der Waals surface area contributed by atoms with Crippen molar-refractivity contribution in [3.05, 3.63) is 64.2 Å². The van der Waals surface area contributed by atoms with Gasteiger partial charge in [0.05, 0.1) is 10.9 Å². The molecule has 1 atom stereocenters. The van der Waals surface area contributed by atoms with E-state index >= 15 is 0 Å². The number of nitrogens with one attached hydrogen (secondary N) is 1. The normalized spacial score (nSPS) is 12.8. The van der Waals surface area contributed by atoms with Gasteiger partial charge in [-0.05, 0) is 74.1 Å². The van der Waals surface area contributed by atoms with E-state index < -0.39 is 10.0 Å². The highest BCUT2D eigenvalue weighted by molar-refractivity contribution is 7.89. The third-order valence-electron chi connectivity index (χ3n) is 5.07. The molecule has 2 rings (SSSR count). The van der Waals surface area contributed by atoms with Crippen LogP contribution in [0.2, 0.25) is 0 Å². The van der Waals surface area contributed by atoms with E-state index in [-0.39, 0.29) is 16.8 Å². The third kappa shape index (κ3) is 5.20. The zero-order chi connectivity index (χ0) is 21.1. The summed E-state index contributed by atoms with van der Waals surface area (Å²) in [4.78, 5) is 12.6. The van der Waals surface area contributed by atoms with Gasteiger partial charge in [-0.25, -0.2) is 12.7 Å². The maximum atomic E-state index is 12.4. The Hall–Kier alpha value is -2.18. The molecule has 0 aliphatic rings. The number of benzene rings is 2. The first-order chi connectivity index (χ1) is 13.0. The lowest BCUT2D eigenvalue weighted by Gasteiger charge is -2.18. The minimum Gasteiger partial charge on any atom is -0.350 e. The predicted molar refractivity (Wildman–Crippen MR) is 113 cm³/mol. The number of sulfonamides is 1. The van der Waals surface area contributed by atoms with Gasteiger partial charge in [0.1, 0.15) is 0 Å². The number of rotatable bonds is 7. The Bertz CT molecular complexity index is 948. The first-order valence-electron chi connectivity index (χ1n) is 9.41. The second-order valence-corrected chi connectivity index (χ2v) is 9.67. The van der Waals surface area contributed by atoms with E-state index in [4.69, 9.17) is 0 Å². The molecule has 0 aromatic heterocycles. The van der Waals surface area contributed by atoms with Crippen molar-refractivity contribution < 1.29 is 13.2 Å². The predicted octanol–water partition coefficient (Wildman–Crippen LogP) is 3.67. The minimum absolute atomic E-state index is 0.0184. The Kier molecular flexibility index (Phi) is 7.01. The molecule has 6 heteroatoms. The molecule has 0 radical (unpaired) electrons. The lowest BCUT2D eigenvalue weighted by atomic mass is 9.96. The highest BCUT2D eigenvalue weighted by Crippen LogP contribution is 2.22. The van der Waals surface area contributed by atoms with Gasteiger partial charge in [0.2, 0.25) is 15.9 Å². The van der Waals surface area contributed by atoms with Crippen molar-refractivity contribution in [2.24, 2.45) is 0 Å². The van der Waals surface area contributed by atoms with Gasteiger partial charge in [-0.15, -0.1) is 0 Å². The molecule has 0 bridgehead atoms. The number of hydrogen-bond donors (Lipinski definition) is 1. The van der Waals surface area contributed by atoms with Gasteiger partial charge < -0.3 is 5.32 Å². The van der Waals surface area contributed by atoms with Crippen molar-refractivity contribution in [3.63, 3.8) is 0 Å². The van der Waals surface area contributed by atoms with Crippen molar-refractivity contribution in [2.75, 3.05) is 14.1 Å². The van der Waals surface area contributed by atoms with Crippen molar-refractivity contribution in [1.82, 2.24) is 9.62 Å². The molecule has 0 saturated heterocycles. The molecule has 0 fully saturated rings. The topological polar surface area (TPSA) is 66.5 Å². The smallest absolute Gasteiger partial charge is 0.242 e. The number of aryl methyl sites for hydroxylation is 4. The summed E-state index contributed by atoms with van der Waals surface area (Å²) in [5.41, 5.74) is 5.71. The van der Waals surface area contributed by atoms with Gasteiger partial charge in [-0.1, -0.05) is 24.3 Å². The van der Waals surface area contributed by atoms with Gasteiger partial charge in [0.25, 0.3) is 0 Å². The van der Waals surface area contributed by atoms with E-state index in [2.05, 4.69) is 38.2 Å². The molecule has 1 unspecified atom stereocenters. The van der Waals surface area contributed by atoms with Gasteiger partial charge in [-0.2, -0.15) is 0 Å². The largest absolute Gasteiger partial charge is 0.350 e. The molecule has 5 nitrogen and oxygen atoms in total. The summed E-state index contributed by atoms with van der Waals surface area (Å²) in [6.45, 7) is 8.22. The molecular formula is C22H30N2O3S. The summed E-state index contributed by atoms with van der Waals surface area (Å²) in [6.07, 6.45) is 0.917. The lowest BCUT2D eigenvalue weighted by molar-refractivity contribution is -0.121. The maximum Gasteiger partial charge on any atom is 0.242 e. The zero-order valence-corrected chi connectivity index (χ0v) is 18.4. The summed E-state index contributed by atoms with van der Waals surface area (Å²) >= 11 is 0. The van der Waals surface area contributed by atoms with E-state index in [0.717, 1.165) is 11.1 Å². The summed E-state index contributed by atoms with van der Waals surface area (Å²) in [5.74, 6) is -0.0184. The van der Waals surface area contributed by atoms with E-state index in [1.54, 1.807) is 24.3 Å². The van der Waals surface area contributed by atoms with Crippen molar-refractivity contribution >= 4 is 15.9 Å². The highest BCUT2D eigenvalue weighted by atomic mass is 32.2. The first-order valence-corrected chi connectivity index (χ1v) is 10.8. The lowest BCUT2D eigenvalue weighted by Crippen LogP contribution is -2.27. The van der Waals surface area contributed by atoms with Crippen molar-refractivity contribution in [2.45, 2.75) is 51.5 Å². The van der Waals surface area contributed by atoms with Crippen LogP contribution in [-0.4, -0.2) is 32.7 Å². The van der Waals surface area contributed by atoms with Crippen LogP contribution in [0, 0.1) is 20.8 Å². The van der Waals surface area contributed by atoms with Gasteiger partial charge in [-0.3, -0.25) is 4.79 Å². The first kappa shape index (κ1) is 22.1. The molecule has 0 aliphatic heterocycles. The number of carbonyl (C=O) groups is 1. The maximum absolute atomic E-state index is 12.4. The Balaban J connectivity index is 1.96. The van der Waals surface area contributed by atoms with Crippen LogP contribution in [0.1, 0.15) is 47.2 Å². The molecule has 0 aliphatic carbocycles. The quantitative estimate of drug-likeness (QED) is 0.768. The average molecular weight is 403 g/mol. The van der Waals surface area contributed by atoms with Gasteiger partial charge in [0, 0.05) is 20.5 Å². The molecule has 2 aromatic rings. The standard InChI is InChI=1S/C22H30N2O3S/c1-15-13-17(3)21(14-16(15)2)18(4)23-22(25)12-9-19-7-10-20(11-8-19)28(26,27)24(5)6/h7-8,10-11,13-14,18H,9,12H2,1-6H3,(H,23,25). The van der Waals surface area contributed by atoms with Crippen LogP contribution in [0.5, 0.6) is 0 Å². The fourth-order valence-corrected chi connectivity index (χ4v) is 4.04. The number of carbonyl (C=O) groups excluding carboxylic acids is 1. The van der Waals surface area contributed by atoms with Crippen LogP contribution in [0.15, 0.2) is 41.3 Å². The molecule has 2 aromatic carbocycles. The van der Waals surface area contributed by atoms with E-state index in [0.29, 0.717) is 12.8 Å². The Morgan fingerprint density at radius 2 is 1.57 bits per heavy atom. The molecule has 152 valence electrons. The van der Waals surface area contributed by atoms with Crippen LogP contribution in [-0.2, 0) is 21.2 Å².